The van der Waals surface area contributed by atoms with Crippen molar-refractivity contribution in [2.24, 2.45) is 5.92 Å². The van der Waals surface area contributed by atoms with E-state index >= 15 is 0 Å². The maximum absolute atomic E-state index is 12.0. The van der Waals surface area contributed by atoms with Crippen LogP contribution in [-0.4, -0.2) is 16.9 Å². The normalized spacial score (nSPS) is 32.4. The van der Waals surface area contributed by atoms with Crippen LogP contribution in [-0.2, 0) is 0 Å². The number of alkyl halides is 3. The highest BCUT2D eigenvalue weighted by Crippen LogP contribution is 2.35. The van der Waals surface area contributed by atoms with Gasteiger partial charge in [-0.15, -0.1) is 0 Å². The van der Waals surface area contributed by atoms with Crippen LogP contribution in [0.25, 0.3) is 0 Å². The Morgan fingerprint density at radius 1 is 1.25 bits per heavy atom. The van der Waals surface area contributed by atoms with Crippen LogP contribution in [0.5, 0.6) is 0 Å². The lowest BCUT2D eigenvalue weighted by Crippen LogP contribution is -2.28. The van der Waals surface area contributed by atoms with Gasteiger partial charge in [0.2, 0.25) is 0 Å². The molecule has 1 nitrogen and oxygen atoms in total. The summed E-state index contributed by atoms with van der Waals surface area (Å²) < 4.78 is 36.0. The van der Waals surface area contributed by atoms with Crippen LogP contribution in [0.3, 0.4) is 0 Å². The Morgan fingerprint density at radius 2 is 1.94 bits per heavy atom. The van der Waals surface area contributed by atoms with E-state index in [4.69, 9.17) is 0 Å². The number of rotatable bonds is 3. The second-order valence-corrected chi connectivity index (χ2v) is 5.23. The molecule has 1 aliphatic rings. The minimum absolute atomic E-state index is 0.0500. The van der Waals surface area contributed by atoms with Crippen LogP contribution < -0.4 is 0 Å². The molecule has 0 aromatic carbocycles. The van der Waals surface area contributed by atoms with E-state index in [1.807, 2.05) is 0 Å². The van der Waals surface area contributed by atoms with Crippen LogP contribution in [0.15, 0.2) is 0 Å². The zero-order chi connectivity index (χ0) is 12.2. The van der Waals surface area contributed by atoms with Crippen molar-refractivity contribution in [3.63, 3.8) is 0 Å². The Hall–Kier alpha value is -0.250. The lowest BCUT2D eigenvalue weighted by Gasteiger charge is -2.26. The zero-order valence-corrected chi connectivity index (χ0v) is 9.82. The first-order chi connectivity index (χ1) is 7.31. The molecule has 4 heteroatoms. The molecule has 0 radical (unpaired) electrons. The van der Waals surface area contributed by atoms with Gasteiger partial charge in [0.05, 0.1) is 5.60 Å². The number of aliphatic hydroxyl groups is 1. The number of hydrogen-bond acceptors (Lipinski definition) is 1. The van der Waals surface area contributed by atoms with Gasteiger partial charge in [0, 0.05) is 6.42 Å². The van der Waals surface area contributed by atoms with Crippen molar-refractivity contribution in [3.8, 4) is 0 Å². The third-order valence-corrected chi connectivity index (χ3v) is 3.54. The smallest absolute Gasteiger partial charge is 0.389 e. The van der Waals surface area contributed by atoms with Gasteiger partial charge in [0.1, 0.15) is 0 Å². The minimum Gasteiger partial charge on any atom is -0.390 e. The van der Waals surface area contributed by atoms with Crippen molar-refractivity contribution < 1.29 is 18.3 Å². The summed E-state index contributed by atoms with van der Waals surface area (Å²) in [6.45, 7) is 2.14. The number of halogens is 3. The Kier molecular flexibility index (Phi) is 4.65. The first kappa shape index (κ1) is 13.8. The highest BCUT2D eigenvalue weighted by atomic mass is 19.4. The van der Waals surface area contributed by atoms with Gasteiger partial charge in [-0.25, -0.2) is 0 Å². The third kappa shape index (κ3) is 5.19. The van der Waals surface area contributed by atoms with Gasteiger partial charge >= 0.3 is 6.18 Å². The molecule has 0 aliphatic heterocycles. The van der Waals surface area contributed by atoms with Crippen molar-refractivity contribution in [2.75, 3.05) is 0 Å². The summed E-state index contributed by atoms with van der Waals surface area (Å²) in [7, 11) is 0. The molecule has 96 valence electrons. The molecule has 1 aliphatic carbocycles. The quantitative estimate of drug-likeness (QED) is 0.735. The maximum Gasteiger partial charge on any atom is 0.389 e. The molecule has 0 heterocycles. The first-order valence-electron chi connectivity index (χ1n) is 6.10. The molecule has 2 atom stereocenters. The average Bonchev–Trinajstić information content (AvgIpc) is 2.27. The van der Waals surface area contributed by atoms with E-state index in [1.54, 1.807) is 0 Å². The molecule has 1 saturated carbocycles. The fraction of sp³-hybridized carbons (Fsp3) is 1.00. The van der Waals surface area contributed by atoms with E-state index in [0.29, 0.717) is 25.2 Å². The van der Waals surface area contributed by atoms with Crippen molar-refractivity contribution in [2.45, 2.75) is 70.1 Å². The molecule has 16 heavy (non-hydrogen) atoms. The largest absolute Gasteiger partial charge is 0.390 e. The van der Waals surface area contributed by atoms with Crippen LogP contribution in [0.2, 0.25) is 0 Å². The van der Waals surface area contributed by atoms with Gasteiger partial charge in [-0.2, -0.15) is 13.2 Å². The van der Waals surface area contributed by atoms with Crippen molar-refractivity contribution in [1.82, 2.24) is 0 Å². The number of hydrogen-bond donors (Lipinski definition) is 1. The summed E-state index contributed by atoms with van der Waals surface area (Å²) in [5.74, 6) is 0.594. The minimum atomic E-state index is -4.09. The summed E-state index contributed by atoms with van der Waals surface area (Å²) in [5, 5.41) is 10.2. The second-order valence-electron chi connectivity index (χ2n) is 5.23. The molecule has 0 spiro atoms. The summed E-state index contributed by atoms with van der Waals surface area (Å²) in [6.07, 6.45) is -0.248. The SMILES string of the molecule is CC1CCCC(O)(CCCC(F)(F)F)CC1. The fourth-order valence-corrected chi connectivity index (χ4v) is 2.43. The standard InChI is InChI=1S/C12H21F3O/c1-10-4-2-6-11(16,9-5-10)7-3-8-12(13,14)15/h10,16H,2-9H2,1H3. The Morgan fingerprint density at radius 3 is 2.56 bits per heavy atom. The van der Waals surface area contributed by atoms with Gasteiger partial charge in [-0.3, -0.25) is 0 Å². The first-order valence-corrected chi connectivity index (χ1v) is 6.10. The summed E-state index contributed by atoms with van der Waals surface area (Å²) in [4.78, 5) is 0. The molecule has 0 amide bonds. The van der Waals surface area contributed by atoms with Gasteiger partial charge in [0.15, 0.2) is 0 Å². The van der Waals surface area contributed by atoms with Crippen molar-refractivity contribution >= 4 is 0 Å². The van der Waals surface area contributed by atoms with E-state index in [2.05, 4.69) is 6.92 Å². The van der Waals surface area contributed by atoms with Crippen LogP contribution >= 0.6 is 0 Å². The summed E-state index contributed by atoms with van der Waals surface area (Å²) in [5.41, 5.74) is -0.837. The van der Waals surface area contributed by atoms with Crippen molar-refractivity contribution in [1.29, 1.82) is 0 Å². The molecule has 0 saturated heterocycles. The van der Waals surface area contributed by atoms with Crippen molar-refractivity contribution in [3.05, 3.63) is 0 Å². The highest BCUT2D eigenvalue weighted by molar-refractivity contribution is 4.82. The van der Waals surface area contributed by atoms with Crippen LogP contribution in [0, 0.1) is 5.92 Å². The van der Waals surface area contributed by atoms with Gasteiger partial charge in [-0.05, 0) is 38.0 Å². The maximum atomic E-state index is 12.0. The van der Waals surface area contributed by atoms with Gasteiger partial charge in [0.25, 0.3) is 0 Å². The molecule has 0 aromatic rings. The van der Waals surface area contributed by atoms with E-state index in [0.717, 1.165) is 19.3 Å². The van der Waals surface area contributed by atoms with E-state index in [-0.39, 0.29) is 6.42 Å². The van der Waals surface area contributed by atoms with E-state index in [9.17, 15) is 18.3 Å². The zero-order valence-electron chi connectivity index (χ0n) is 9.82. The Balaban J connectivity index is 2.33. The topological polar surface area (TPSA) is 20.2 Å². The van der Waals surface area contributed by atoms with Crippen LogP contribution in [0.1, 0.15) is 58.3 Å². The van der Waals surface area contributed by atoms with Crippen LogP contribution in [0.4, 0.5) is 13.2 Å². The monoisotopic (exact) mass is 238 g/mol. The second kappa shape index (κ2) is 5.39. The Bertz CT molecular complexity index is 215. The highest BCUT2D eigenvalue weighted by Gasteiger charge is 2.32. The summed E-state index contributed by atoms with van der Waals surface area (Å²) in [6, 6.07) is 0. The third-order valence-electron chi connectivity index (χ3n) is 3.54. The lowest BCUT2D eigenvalue weighted by atomic mass is 9.88. The fourth-order valence-electron chi connectivity index (χ4n) is 2.43. The predicted molar refractivity (Wildman–Crippen MR) is 57.1 cm³/mol. The molecular weight excluding hydrogens is 217 g/mol. The molecule has 0 aromatic heterocycles. The summed E-state index contributed by atoms with van der Waals surface area (Å²) >= 11 is 0. The lowest BCUT2D eigenvalue weighted by molar-refractivity contribution is -0.138. The predicted octanol–water partition coefficient (Wildman–Crippen LogP) is 4.05. The average molecular weight is 238 g/mol. The molecule has 2 unspecified atom stereocenters. The molecule has 1 fully saturated rings. The Labute approximate surface area is 95.0 Å². The molecule has 1 rings (SSSR count). The van der Waals surface area contributed by atoms with Gasteiger partial charge < -0.3 is 5.11 Å². The molecule has 0 bridgehead atoms. The van der Waals surface area contributed by atoms with E-state index in [1.165, 1.54) is 0 Å². The molecular formula is C12H21F3O. The van der Waals surface area contributed by atoms with E-state index < -0.39 is 18.2 Å². The van der Waals surface area contributed by atoms with Gasteiger partial charge in [-0.1, -0.05) is 19.8 Å². The molecule has 1 N–H and O–H groups in total.